The number of nitrogens with zero attached hydrogens (tertiary/aromatic N) is 2. The molecule has 2 fully saturated rings. The van der Waals surface area contributed by atoms with Gasteiger partial charge in [-0.05, 0) is 91.3 Å². The van der Waals surface area contributed by atoms with Crippen molar-refractivity contribution in [3.05, 3.63) is 47.5 Å². The van der Waals surface area contributed by atoms with E-state index in [1.54, 1.807) is 9.80 Å². The minimum absolute atomic E-state index is 0.157. The predicted molar refractivity (Wildman–Crippen MR) is 176 cm³/mol. The van der Waals surface area contributed by atoms with Gasteiger partial charge in [-0.3, -0.25) is 9.59 Å². The molecule has 0 bridgehead atoms. The third-order valence-corrected chi connectivity index (χ3v) is 10.3. The highest BCUT2D eigenvalue weighted by molar-refractivity contribution is 6.63. The molecule has 10 heteroatoms. The molecule has 0 radical (unpaired) electrons. The molecule has 0 unspecified atom stereocenters. The van der Waals surface area contributed by atoms with E-state index in [-0.39, 0.29) is 11.8 Å². The number of carbonyl (C=O) groups excluding carboxylic acids is 2. The minimum Gasteiger partial charge on any atom is -0.399 e. The zero-order valence-corrected chi connectivity index (χ0v) is 27.8. The number of anilines is 2. The molecule has 0 N–H and O–H groups in total. The second-order valence-electron chi connectivity index (χ2n) is 14.4. The second kappa shape index (κ2) is 10.3. The van der Waals surface area contributed by atoms with Crippen LogP contribution in [0, 0.1) is 0 Å². The zero-order chi connectivity index (χ0) is 32.0. The number of carbonyl (C=O) groups is 2. The van der Waals surface area contributed by atoms with Gasteiger partial charge in [-0.25, -0.2) is 0 Å². The fraction of sp³-hybridized carbons (Fsp3) is 0.529. The summed E-state index contributed by atoms with van der Waals surface area (Å²) in [6, 6.07) is 11.8. The summed E-state index contributed by atoms with van der Waals surface area (Å²) in [5.41, 5.74) is 3.74. The van der Waals surface area contributed by atoms with E-state index in [1.165, 1.54) is 0 Å². The highest BCUT2D eigenvalue weighted by atomic mass is 16.7. The van der Waals surface area contributed by atoms with Crippen molar-refractivity contribution in [3.8, 4) is 0 Å². The van der Waals surface area contributed by atoms with Crippen LogP contribution in [0.25, 0.3) is 11.1 Å². The van der Waals surface area contributed by atoms with Gasteiger partial charge in [0.2, 0.25) is 0 Å². The lowest BCUT2D eigenvalue weighted by Crippen LogP contribution is -2.41. The van der Waals surface area contributed by atoms with Crippen LogP contribution < -0.4 is 20.7 Å². The Morgan fingerprint density at radius 3 is 1.18 bits per heavy atom. The standard InChI is InChI=1S/C34H44B2N2O6/c1-11-17-37-25-19-21(35-41-31(3,4)32(5,6)42-35)13-15-23(25)27(29(37)39)28-24-16-14-22(20-26(24)38(18-12-2)30(28)40)36-43-33(7,8)34(9,10)44-36/h13-16,19-20H,11-12,17-18H2,1-10H3/b28-27+. The van der Waals surface area contributed by atoms with Crippen LogP contribution in [0.5, 0.6) is 0 Å². The van der Waals surface area contributed by atoms with Crippen LogP contribution in [0.3, 0.4) is 0 Å². The van der Waals surface area contributed by atoms with Crippen LogP contribution in [-0.4, -0.2) is 61.5 Å². The van der Waals surface area contributed by atoms with Gasteiger partial charge in [0, 0.05) is 24.2 Å². The van der Waals surface area contributed by atoms with E-state index in [0.717, 1.165) is 46.3 Å². The molecule has 0 saturated carbocycles. The predicted octanol–water partition coefficient (Wildman–Crippen LogP) is 4.71. The highest BCUT2D eigenvalue weighted by Crippen LogP contribution is 2.47. The van der Waals surface area contributed by atoms with Crippen molar-refractivity contribution in [3.63, 3.8) is 0 Å². The number of hydrogen-bond acceptors (Lipinski definition) is 6. The lowest BCUT2D eigenvalue weighted by molar-refractivity contribution is -0.114. The van der Waals surface area contributed by atoms with Gasteiger partial charge < -0.3 is 28.4 Å². The van der Waals surface area contributed by atoms with Crippen LogP contribution in [0.4, 0.5) is 11.4 Å². The van der Waals surface area contributed by atoms with E-state index in [1.807, 2.05) is 106 Å². The molecule has 44 heavy (non-hydrogen) atoms. The molecule has 2 saturated heterocycles. The Bertz CT molecular complexity index is 1430. The molecule has 2 aromatic rings. The summed E-state index contributed by atoms with van der Waals surface area (Å²) >= 11 is 0. The van der Waals surface area contributed by atoms with E-state index in [9.17, 15) is 9.59 Å². The van der Waals surface area contributed by atoms with E-state index in [2.05, 4.69) is 0 Å². The van der Waals surface area contributed by atoms with Crippen LogP contribution in [0.2, 0.25) is 0 Å². The van der Waals surface area contributed by atoms with Crippen molar-refractivity contribution in [2.24, 2.45) is 0 Å². The maximum Gasteiger partial charge on any atom is 0.494 e. The Labute approximate surface area is 262 Å². The summed E-state index contributed by atoms with van der Waals surface area (Å²) in [7, 11) is -1.11. The summed E-state index contributed by atoms with van der Waals surface area (Å²) in [6.45, 7) is 21.4. The average Bonchev–Trinajstić information content (AvgIpc) is 3.53. The van der Waals surface area contributed by atoms with Gasteiger partial charge in [-0.15, -0.1) is 0 Å². The van der Waals surface area contributed by atoms with Crippen LogP contribution in [0.15, 0.2) is 36.4 Å². The Morgan fingerprint density at radius 2 is 0.886 bits per heavy atom. The van der Waals surface area contributed by atoms with Crippen molar-refractivity contribution < 1.29 is 28.2 Å². The number of benzene rings is 2. The van der Waals surface area contributed by atoms with Crippen molar-refractivity contribution in [1.82, 2.24) is 0 Å². The summed E-state index contributed by atoms with van der Waals surface area (Å²) < 4.78 is 25.3. The first-order chi connectivity index (χ1) is 20.5. The van der Waals surface area contributed by atoms with Gasteiger partial charge in [0.25, 0.3) is 11.8 Å². The van der Waals surface area contributed by atoms with Gasteiger partial charge in [0.05, 0.1) is 44.9 Å². The van der Waals surface area contributed by atoms with E-state index in [0.29, 0.717) is 24.2 Å². The Morgan fingerprint density at radius 1 is 0.568 bits per heavy atom. The maximum atomic E-state index is 14.2. The Kier molecular flexibility index (Phi) is 7.28. The molecule has 4 aliphatic heterocycles. The summed E-state index contributed by atoms with van der Waals surface area (Å²) in [5, 5.41) is 0. The third kappa shape index (κ3) is 4.60. The van der Waals surface area contributed by atoms with Gasteiger partial charge in [-0.1, -0.05) is 38.1 Å². The zero-order valence-electron chi connectivity index (χ0n) is 27.8. The summed E-state index contributed by atoms with van der Waals surface area (Å²) in [5.74, 6) is -0.314. The summed E-state index contributed by atoms with van der Waals surface area (Å²) in [6.07, 6.45) is 1.55. The fourth-order valence-corrected chi connectivity index (χ4v) is 6.31. The Balaban J connectivity index is 1.46. The molecule has 8 nitrogen and oxygen atoms in total. The number of hydrogen-bond donors (Lipinski definition) is 0. The van der Waals surface area contributed by atoms with Crippen LogP contribution >= 0.6 is 0 Å². The highest BCUT2D eigenvalue weighted by Gasteiger charge is 2.53. The normalized spacial score (nSPS) is 24.5. The SMILES string of the molecule is CCCN1C(=O)/C(=C2/C(=O)N(CCC)c3cc(B4OC(C)(C)C(C)(C)O4)ccc32)c2ccc(B3OC(C)(C)C(C)(C)O3)cc21. The van der Waals surface area contributed by atoms with Gasteiger partial charge >= 0.3 is 14.2 Å². The van der Waals surface area contributed by atoms with Gasteiger partial charge in [-0.2, -0.15) is 0 Å². The van der Waals surface area contributed by atoms with Crippen molar-refractivity contribution in [2.45, 2.75) is 104 Å². The maximum absolute atomic E-state index is 14.2. The largest absolute Gasteiger partial charge is 0.494 e. The Hall–Kier alpha value is -2.91. The molecule has 0 aromatic heterocycles. The number of fused-ring (bicyclic) bond motifs is 2. The molecule has 232 valence electrons. The first-order valence-corrected chi connectivity index (χ1v) is 15.9. The molecule has 0 spiro atoms. The minimum atomic E-state index is -0.553. The third-order valence-electron chi connectivity index (χ3n) is 10.3. The lowest BCUT2D eigenvalue weighted by Gasteiger charge is -2.32. The molecule has 6 rings (SSSR count). The quantitative estimate of drug-likeness (QED) is 0.355. The van der Waals surface area contributed by atoms with E-state index >= 15 is 0 Å². The first-order valence-electron chi connectivity index (χ1n) is 15.9. The van der Waals surface area contributed by atoms with Gasteiger partial charge in [0.15, 0.2) is 0 Å². The van der Waals surface area contributed by atoms with Crippen LogP contribution in [-0.2, 0) is 28.2 Å². The van der Waals surface area contributed by atoms with Crippen molar-refractivity contribution in [1.29, 1.82) is 0 Å². The molecular weight excluding hydrogens is 554 g/mol. The molecule has 4 aliphatic rings. The van der Waals surface area contributed by atoms with Gasteiger partial charge in [0.1, 0.15) is 0 Å². The van der Waals surface area contributed by atoms with Crippen molar-refractivity contribution in [2.75, 3.05) is 22.9 Å². The number of amides is 2. The topological polar surface area (TPSA) is 77.5 Å². The molecule has 2 amide bonds. The van der Waals surface area contributed by atoms with Crippen LogP contribution in [0.1, 0.15) is 93.2 Å². The average molecular weight is 598 g/mol. The molecule has 0 atom stereocenters. The molecule has 4 heterocycles. The van der Waals surface area contributed by atoms with Crippen molar-refractivity contribution >= 4 is 59.5 Å². The summed E-state index contributed by atoms with van der Waals surface area (Å²) in [4.78, 5) is 32.0. The monoisotopic (exact) mass is 598 g/mol. The number of rotatable bonds is 6. The van der Waals surface area contributed by atoms with E-state index < -0.39 is 36.6 Å². The fourth-order valence-electron chi connectivity index (χ4n) is 6.31. The van der Waals surface area contributed by atoms with E-state index in [4.69, 9.17) is 18.6 Å². The smallest absolute Gasteiger partial charge is 0.399 e. The second-order valence-corrected chi connectivity index (χ2v) is 14.4. The lowest BCUT2D eigenvalue weighted by atomic mass is 9.77. The molecule has 2 aromatic carbocycles. The molecule has 0 aliphatic carbocycles. The molecular formula is C34H44B2N2O6. The first kappa shape index (κ1) is 31.1.